The van der Waals surface area contributed by atoms with Crippen LogP contribution in [0.2, 0.25) is 5.02 Å². The molecule has 0 aliphatic rings. The van der Waals surface area contributed by atoms with Crippen molar-refractivity contribution in [2.45, 2.75) is 6.92 Å². The van der Waals surface area contributed by atoms with E-state index in [0.29, 0.717) is 11.4 Å². The lowest BCUT2D eigenvalue weighted by Crippen LogP contribution is -1.97. The largest absolute Gasteiger partial charge is 0.328 e. The van der Waals surface area contributed by atoms with Crippen LogP contribution < -0.4 is 5.32 Å². The number of nitrogens with one attached hydrogen (secondary N) is 1. The molecule has 1 N–H and O–H groups in total. The van der Waals surface area contributed by atoms with Crippen molar-refractivity contribution in [2.24, 2.45) is 0 Å². The Kier molecular flexibility index (Phi) is 3.45. The van der Waals surface area contributed by atoms with Gasteiger partial charge >= 0.3 is 0 Å². The van der Waals surface area contributed by atoms with Gasteiger partial charge in [-0.25, -0.2) is 0 Å². The quantitative estimate of drug-likeness (QED) is 0.817. The zero-order valence-electron chi connectivity index (χ0n) is 9.41. The van der Waals surface area contributed by atoms with Crippen LogP contribution in [-0.2, 0) is 4.79 Å². The van der Waals surface area contributed by atoms with Crippen molar-refractivity contribution in [3.8, 4) is 11.1 Å². The van der Waals surface area contributed by atoms with Crippen molar-refractivity contribution in [2.75, 3.05) is 5.32 Å². The minimum atomic E-state index is 0.653. The normalized spacial score (nSPS) is 10.0. The molecule has 2 aromatic rings. The smallest absolute Gasteiger partial charge is 0.211 e. The molecule has 0 unspecified atom stereocenters. The Hall–Kier alpha value is -1.80. The third kappa shape index (κ3) is 2.48. The lowest BCUT2D eigenvalue weighted by atomic mass is 9.99. The van der Waals surface area contributed by atoms with Gasteiger partial charge in [0.2, 0.25) is 6.41 Å². The van der Waals surface area contributed by atoms with Crippen LogP contribution in [0.5, 0.6) is 0 Å². The Morgan fingerprint density at radius 2 is 1.88 bits per heavy atom. The van der Waals surface area contributed by atoms with Crippen LogP contribution in [0.25, 0.3) is 11.1 Å². The second-order valence-corrected chi connectivity index (χ2v) is 4.20. The highest BCUT2D eigenvalue weighted by Crippen LogP contribution is 2.32. The summed E-state index contributed by atoms with van der Waals surface area (Å²) in [5.41, 5.74) is 3.91. The fourth-order valence-electron chi connectivity index (χ4n) is 1.80. The van der Waals surface area contributed by atoms with Gasteiger partial charge < -0.3 is 5.32 Å². The molecule has 0 heterocycles. The third-order valence-corrected chi connectivity index (χ3v) is 2.87. The van der Waals surface area contributed by atoms with Crippen LogP contribution in [0.4, 0.5) is 5.69 Å². The second-order valence-electron chi connectivity index (χ2n) is 3.77. The fourth-order valence-corrected chi connectivity index (χ4v) is 1.98. The van der Waals surface area contributed by atoms with Gasteiger partial charge in [0.15, 0.2) is 0 Å². The number of carbonyl (C=O) groups excluding carboxylic acids is 1. The number of hydrogen-bond acceptors (Lipinski definition) is 1. The molecule has 0 aromatic heterocycles. The van der Waals surface area contributed by atoms with Crippen molar-refractivity contribution in [3.63, 3.8) is 0 Å². The first-order chi connectivity index (χ1) is 8.22. The van der Waals surface area contributed by atoms with Crippen LogP contribution in [0, 0.1) is 6.92 Å². The molecule has 86 valence electrons. The van der Waals surface area contributed by atoms with Crippen LogP contribution in [0.1, 0.15) is 5.56 Å². The SMILES string of the molecule is Cc1ccccc1-c1cc(Cl)ccc1NC=O. The Bertz CT molecular complexity index is 552. The number of aryl methyl sites for hydroxylation is 1. The lowest BCUT2D eigenvalue weighted by Gasteiger charge is -2.11. The van der Waals surface area contributed by atoms with Gasteiger partial charge in [0.05, 0.1) is 0 Å². The third-order valence-electron chi connectivity index (χ3n) is 2.63. The zero-order chi connectivity index (χ0) is 12.3. The van der Waals surface area contributed by atoms with Gasteiger partial charge in [-0.05, 0) is 36.2 Å². The molecule has 17 heavy (non-hydrogen) atoms. The van der Waals surface area contributed by atoms with Crippen LogP contribution in [-0.4, -0.2) is 6.41 Å². The Labute approximate surface area is 105 Å². The number of halogens is 1. The molecule has 0 aliphatic heterocycles. The molecule has 1 amide bonds. The van der Waals surface area contributed by atoms with E-state index in [4.69, 9.17) is 11.6 Å². The number of rotatable bonds is 3. The number of anilines is 1. The maximum Gasteiger partial charge on any atom is 0.211 e. The van der Waals surface area contributed by atoms with Crippen molar-refractivity contribution in [1.29, 1.82) is 0 Å². The highest BCUT2D eigenvalue weighted by molar-refractivity contribution is 6.31. The minimum Gasteiger partial charge on any atom is -0.328 e. The first-order valence-corrected chi connectivity index (χ1v) is 5.66. The molecule has 0 saturated carbocycles. The van der Waals surface area contributed by atoms with E-state index in [2.05, 4.69) is 5.32 Å². The van der Waals surface area contributed by atoms with Gasteiger partial charge in [-0.2, -0.15) is 0 Å². The number of amides is 1. The summed E-state index contributed by atoms with van der Waals surface area (Å²) in [6.45, 7) is 2.03. The van der Waals surface area contributed by atoms with E-state index in [0.717, 1.165) is 22.4 Å². The lowest BCUT2D eigenvalue weighted by molar-refractivity contribution is -0.105. The van der Waals surface area contributed by atoms with E-state index in [1.807, 2.05) is 37.3 Å². The van der Waals surface area contributed by atoms with Crippen molar-refractivity contribution < 1.29 is 4.79 Å². The van der Waals surface area contributed by atoms with Crippen molar-refractivity contribution in [3.05, 3.63) is 53.1 Å². The monoisotopic (exact) mass is 245 g/mol. The predicted octanol–water partition coefficient (Wildman–Crippen LogP) is 3.88. The summed E-state index contributed by atoms with van der Waals surface area (Å²) < 4.78 is 0. The van der Waals surface area contributed by atoms with Gasteiger partial charge in [0.1, 0.15) is 0 Å². The molecule has 0 atom stereocenters. The molecule has 0 saturated heterocycles. The number of benzene rings is 2. The predicted molar refractivity (Wildman–Crippen MR) is 71.3 cm³/mol. The van der Waals surface area contributed by atoms with Gasteiger partial charge in [0, 0.05) is 16.3 Å². The topological polar surface area (TPSA) is 29.1 Å². The molecular weight excluding hydrogens is 234 g/mol. The van der Waals surface area contributed by atoms with Gasteiger partial charge in [0.25, 0.3) is 0 Å². The van der Waals surface area contributed by atoms with Crippen molar-refractivity contribution in [1.82, 2.24) is 0 Å². The Morgan fingerprint density at radius 3 is 2.59 bits per heavy atom. The average molecular weight is 246 g/mol. The molecule has 2 rings (SSSR count). The molecule has 3 heteroatoms. The summed E-state index contributed by atoms with van der Waals surface area (Å²) >= 11 is 6.00. The molecule has 2 nitrogen and oxygen atoms in total. The highest BCUT2D eigenvalue weighted by Gasteiger charge is 2.07. The second kappa shape index (κ2) is 5.02. The molecule has 2 aromatic carbocycles. The summed E-state index contributed by atoms with van der Waals surface area (Å²) in [7, 11) is 0. The maximum absolute atomic E-state index is 10.6. The van der Waals surface area contributed by atoms with E-state index in [1.54, 1.807) is 12.1 Å². The van der Waals surface area contributed by atoms with Crippen molar-refractivity contribution >= 4 is 23.7 Å². The number of hydrogen-bond donors (Lipinski definition) is 1. The molecule has 0 fully saturated rings. The summed E-state index contributed by atoms with van der Waals surface area (Å²) in [4.78, 5) is 10.6. The summed E-state index contributed by atoms with van der Waals surface area (Å²) in [6, 6.07) is 13.4. The minimum absolute atomic E-state index is 0.653. The van der Waals surface area contributed by atoms with Crippen LogP contribution >= 0.6 is 11.6 Å². The van der Waals surface area contributed by atoms with E-state index >= 15 is 0 Å². The van der Waals surface area contributed by atoms with Gasteiger partial charge in [-0.15, -0.1) is 0 Å². The molecule has 0 radical (unpaired) electrons. The van der Waals surface area contributed by atoms with E-state index in [1.165, 1.54) is 0 Å². The van der Waals surface area contributed by atoms with Crippen LogP contribution in [0.3, 0.4) is 0 Å². The molecule has 0 bridgehead atoms. The van der Waals surface area contributed by atoms with Crippen LogP contribution in [0.15, 0.2) is 42.5 Å². The summed E-state index contributed by atoms with van der Waals surface area (Å²) in [5.74, 6) is 0. The average Bonchev–Trinajstić information content (AvgIpc) is 2.32. The zero-order valence-corrected chi connectivity index (χ0v) is 10.2. The molecule has 0 spiro atoms. The summed E-state index contributed by atoms with van der Waals surface area (Å²) in [6.07, 6.45) is 0.672. The molecular formula is C14H12ClNO. The van der Waals surface area contributed by atoms with Gasteiger partial charge in [-0.1, -0.05) is 35.9 Å². The first kappa shape index (κ1) is 11.7. The Balaban J connectivity index is 2.61. The highest BCUT2D eigenvalue weighted by atomic mass is 35.5. The Morgan fingerprint density at radius 1 is 1.12 bits per heavy atom. The standard InChI is InChI=1S/C14H12ClNO/c1-10-4-2-3-5-12(10)13-8-11(15)6-7-14(13)16-9-17/h2-9H,1H3,(H,16,17). The molecule has 0 aliphatic carbocycles. The fraction of sp³-hybridized carbons (Fsp3) is 0.0714. The maximum atomic E-state index is 10.6. The van der Waals surface area contributed by atoms with E-state index < -0.39 is 0 Å². The van der Waals surface area contributed by atoms with E-state index in [-0.39, 0.29) is 0 Å². The first-order valence-electron chi connectivity index (χ1n) is 5.28. The van der Waals surface area contributed by atoms with Gasteiger partial charge in [-0.3, -0.25) is 4.79 Å². The number of carbonyl (C=O) groups is 1. The van der Waals surface area contributed by atoms with E-state index in [9.17, 15) is 4.79 Å². The summed E-state index contributed by atoms with van der Waals surface area (Å²) in [5, 5.41) is 3.34.